The first-order valence-electron chi connectivity index (χ1n) is 8.15. The van der Waals surface area contributed by atoms with Gasteiger partial charge in [-0.2, -0.15) is 0 Å². The van der Waals surface area contributed by atoms with Gasteiger partial charge in [-0.3, -0.25) is 20.6 Å². The van der Waals surface area contributed by atoms with Gasteiger partial charge in [0.2, 0.25) is 5.91 Å². The molecule has 3 aromatic rings. The number of nitrogens with zero attached hydrogens (tertiary/aromatic N) is 1. The average molecular weight is 401 g/mol. The standard InChI is InChI=1S/C19H17FN4OS2/c20-15-8-6-13(7-9-15)11-22-19(26)24-23-17(25)12-27-16-5-1-3-14-4-2-10-21-18(14)16/h1-10H,11-12H2,(H,23,25)(H2,22,24,26). The number of nitrogens with one attached hydrogen (secondary N) is 3. The lowest BCUT2D eigenvalue weighted by Gasteiger charge is -2.12. The van der Waals surface area contributed by atoms with Crippen molar-refractivity contribution in [2.75, 3.05) is 5.75 Å². The first kappa shape index (κ1) is 19.1. The van der Waals surface area contributed by atoms with Gasteiger partial charge in [-0.05, 0) is 42.0 Å². The van der Waals surface area contributed by atoms with Crippen molar-refractivity contribution in [3.05, 3.63) is 72.2 Å². The predicted molar refractivity (Wildman–Crippen MR) is 110 cm³/mol. The van der Waals surface area contributed by atoms with Crippen LogP contribution in [0.4, 0.5) is 4.39 Å². The molecule has 2 aromatic carbocycles. The van der Waals surface area contributed by atoms with E-state index in [9.17, 15) is 9.18 Å². The van der Waals surface area contributed by atoms with Crippen LogP contribution in [0.15, 0.2) is 65.7 Å². The van der Waals surface area contributed by atoms with E-state index in [4.69, 9.17) is 12.2 Å². The number of carbonyl (C=O) groups excluding carboxylic acids is 1. The summed E-state index contributed by atoms with van der Waals surface area (Å²) in [6.45, 7) is 0.429. The maximum Gasteiger partial charge on any atom is 0.248 e. The number of aromatic nitrogens is 1. The summed E-state index contributed by atoms with van der Waals surface area (Å²) < 4.78 is 12.9. The molecule has 0 saturated carbocycles. The molecule has 8 heteroatoms. The first-order chi connectivity index (χ1) is 13.1. The summed E-state index contributed by atoms with van der Waals surface area (Å²) in [4.78, 5) is 17.3. The lowest BCUT2D eigenvalue weighted by atomic mass is 10.2. The first-order valence-corrected chi connectivity index (χ1v) is 9.55. The second kappa shape index (κ2) is 9.29. The van der Waals surface area contributed by atoms with Crippen LogP contribution < -0.4 is 16.2 Å². The molecule has 0 aliphatic rings. The Kier molecular flexibility index (Phi) is 6.56. The van der Waals surface area contributed by atoms with Crippen LogP contribution in [0.5, 0.6) is 0 Å². The molecule has 0 bridgehead atoms. The molecule has 0 atom stereocenters. The monoisotopic (exact) mass is 400 g/mol. The quantitative estimate of drug-likeness (QED) is 0.347. The molecule has 1 aromatic heterocycles. The van der Waals surface area contributed by atoms with Gasteiger partial charge in [-0.25, -0.2) is 4.39 Å². The number of thioether (sulfide) groups is 1. The maximum atomic E-state index is 12.9. The van der Waals surface area contributed by atoms with Crippen molar-refractivity contribution in [3.63, 3.8) is 0 Å². The van der Waals surface area contributed by atoms with Gasteiger partial charge < -0.3 is 5.32 Å². The molecule has 27 heavy (non-hydrogen) atoms. The fourth-order valence-electron chi connectivity index (χ4n) is 2.33. The molecule has 5 nitrogen and oxygen atoms in total. The molecule has 0 unspecified atom stereocenters. The van der Waals surface area contributed by atoms with Gasteiger partial charge in [0.25, 0.3) is 0 Å². The molecule has 1 amide bonds. The largest absolute Gasteiger partial charge is 0.357 e. The highest BCUT2D eigenvalue weighted by Crippen LogP contribution is 2.25. The molecule has 0 fully saturated rings. The molecule has 0 aliphatic heterocycles. The van der Waals surface area contributed by atoms with Gasteiger partial charge in [0.1, 0.15) is 5.82 Å². The van der Waals surface area contributed by atoms with E-state index in [1.165, 1.54) is 23.9 Å². The van der Waals surface area contributed by atoms with Crippen LogP contribution in [-0.4, -0.2) is 21.8 Å². The van der Waals surface area contributed by atoms with Crippen molar-refractivity contribution in [1.82, 2.24) is 21.2 Å². The highest BCUT2D eigenvalue weighted by molar-refractivity contribution is 8.00. The number of hydrogen-bond acceptors (Lipinski definition) is 4. The van der Waals surface area contributed by atoms with Crippen molar-refractivity contribution >= 4 is 45.9 Å². The Bertz CT molecular complexity index is 945. The van der Waals surface area contributed by atoms with Gasteiger partial charge in [0, 0.05) is 23.0 Å². The number of rotatable bonds is 5. The topological polar surface area (TPSA) is 66.0 Å². The zero-order valence-electron chi connectivity index (χ0n) is 14.2. The Balaban J connectivity index is 1.42. The third-order valence-corrected chi connectivity index (χ3v) is 4.93. The molecule has 0 saturated heterocycles. The minimum absolute atomic E-state index is 0.209. The third kappa shape index (κ3) is 5.63. The van der Waals surface area contributed by atoms with E-state index in [0.717, 1.165) is 21.4 Å². The molecule has 1 heterocycles. The van der Waals surface area contributed by atoms with Crippen molar-refractivity contribution in [2.24, 2.45) is 0 Å². The van der Waals surface area contributed by atoms with E-state index in [1.807, 2.05) is 30.3 Å². The lowest BCUT2D eigenvalue weighted by Crippen LogP contribution is -2.47. The zero-order chi connectivity index (χ0) is 19.1. The number of carbonyl (C=O) groups is 1. The summed E-state index contributed by atoms with van der Waals surface area (Å²) in [5.41, 5.74) is 6.97. The number of hydrazine groups is 1. The van der Waals surface area contributed by atoms with E-state index >= 15 is 0 Å². The van der Waals surface area contributed by atoms with E-state index in [-0.39, 0.29) is 22.6 Å². The van der Waals surface area contributed by atoms with E-state index in [0.29, 0.717) is 6.54 Å². The summed E-state index contributed by atoms with van der Waals surface area (Å²) in [5, 5.41) is 4.25. The molecule has 3 N–H and O–H groups in total. The highest BCUT2D eigenvalue weighted by atomic mass is 32.2. The minimum Gasteiger partial charge on any atom is -0.357 e. The lowest BCUT2D eigenvalue weighted by molar-refractivity contribution is -0.119. The molecule has 0 spiro atoms. The number of amides is 1. The Morgan fingerprint density at radius 1 is 1.07 bits per heavy atom. The van der Waals surface area contributed by atoms with Crippen molar-refractivity contribution in [1.29, 1.82) is 0 Å². The minimum atomic E-state index is -0.286. The molecule has 0 aliphatic carbocycles. The number of fused-ring (bicyclic) bond motifs is 1. The second-order valence-electron chi connectivity index (χ2n) is 5.60. The fourth-order valence-corrected chi connectivity index (χ4v) is 3.29. The number of thiocarbonyl (C=S) groups is 1. The van der Waals surface area contributed by atoms with Gasteiger partial charge in [0.05, 0.1) is 11.3 Å². The van der Waals surface area contributed by atoms with Gasteiger partial charge in [0.15, 0.2) is 5.11 Å². The molecule has 3 rings (SSSR count). The van der Waals surface area contributed by atoms with Crippen LogP contribution in [0, 0.1) is 5.82 Å². The van der Waals surface area contributed by atoms with Crippen molar-refractivity contribution < 1.29 is 9.18 Å². The Morgan fingerprint density at radius 2 is 1.85 bits per heavy atom. The van der Waals surface area contributed by atoms with Crippen LogP contribution in [0.3, 0.4) is 0 Å². The van der Waals surface area contributed by atoms with Crippen LogP contribution in [0.1, 0.15) is 5.56 Å². The summed E-state index contributed by atoms with van der Waals surface area (Å²) in [7, 11) is 0. The van der Waals surface area contributed by atoms with Gasteiger partial charge in [-0.1, -0.05) is 30.3 Å². The SMILES string of the molecule is O=C(CSc1cccc2cccnc12)NNC(=S)NCc1ccc(F)cc1. The van der Waals surface area contributed by atoms with Crippen LogP contribution in [0.2, 0.25) is 0 Å². The van der Waals surface area contributed by atoms with Crippen LogP contribution >= 0.6 is 24.0 Å². The second-order valence-corrected chi connectivity index (χ2v) is 7.03. The number of hydrogen-bond donors (Lipinski definition) is 3. The third-order valence-electron chi connectivity index (χ3n) is 3.64. The summed E-state index contributed by atoms with van der Waals surface area (Å²) in [6.07, 6.45) is 1.74. The smallest absolute Gasteiger partial charge is 0.248 e. The average Bonchev–Trinajstić information content (AvgIpc) is 2.70. The molecule has 0 radical (unpaired) electrons. The molecular formula is C19H17FN4OS2. The Hall–Kier alpha value is -2.71. The summed E-state index contributed by atoms with van der Waals surface area (Å²) >= 11 is 6.52. The van der Waals surface area contributed by atoms with Crippen LogP contribution in [-0.2, 0) is 11.3 Å². The summed E-state index contributed by atoms with van der Waals surface area (Å²) in [5.74, 6) is -0.270. The zero-order valence-corrected chi connectivity index (χ0v) is 15.9. The van der Waals surface area contributed by atoms with Crippen molar-refractivity contribution in [3.8, 4) is 0 Å². The van der Waals surface area contributed by atoms with E-state index < -0.39 is 0 Å². The Morgan fingerprint density at radius 3 is 2.67 bits per heavy atom. The molecule has 138 valence electrons. The fraction of sp³-hybridized carbons (Fsp3) is 0.105. The van der Waals surface area contributed by atoms with Crippen LogP contribution in [0.25, 0.3) is 10.9 Å². The van der Waals surface area contributed by atoms with E-state index in [1.54, 1.807) is 18.3 Å². The normalized spacial score (nSPS) is 10.4. The van der Waals surface area contributed by atoms with Gasteiger partial charge >= 0.3 is 0 Å². The van der Waals surface area contributed by atoms with E-state index in [2.05, 4.69) is 21.2 Å². The number of halogens is 1. The summed E-state index contributed by atoms with van der Waals surface area (Å²) in [6, 6.07) is 15.8. The maximum absolute atomic E-state index is 12.9. The van der Waals surface area contributed by atoms with Gasteiger partial charge in [-0.15, -0.1) is 11.8 Å². The number of para-hydroxylation sites is 1. The Labute approximate surface area is 165 Å². The highest BCUT2D eigenvalue weighted by Gasteiger charge is 2.07. The van der Waals surface area contributed by atoms with Crippen molar-refractivity contribution in [2.45, 2.75) is 11.4 Å². The number of pyridine rings is 1. The molecular weight excluding hydrogens is 383 g/mol. The number of benzene rings is 2. The predicted octanol–water partition coefficient (Wildman–Crippen LogP) is 3.16.